The Morgan fingerprint density at radius 2 is 0.417 bits per heavy atom. The molecule has 0 aliphatic heterocycles. The average Bonchev–Trinajstić information content (AvgIpc) is 2.87. The normalized spacial score (nSPS) is 9.00. The van der Waals surface area contributed by atoms with Crippen molar-refractivity contribution in [1.29, 1.82) is 0 Å². The van der Waals surface area contributed by atoms with Crippen LogP contribution in [0.3, 0.4) is 0 Å². The van der Waals surface area contributed by atoms with Crippen LogP contribution in [0.1, 0.15) is 33.4 Å². The zero-order valence-electron chi connectivity index (χ0n) is 18.9. The molecule has 0 spiro atoms. The molecule has 4 rings (SSSR count). The van der Waals surface area contributed by atoms with E-state index in [2.05, 4.69) is 71.8 Å². The van der Waals surface area contributed by atoms with E-state index in [9.17, 15) is 0 Å². The second kappa shape index (κ2) is 9.75. The zero-order chi connectivity index (χ0) is 25.7. The first-order valence-electron chi connectivity index (χ1n) is 10.4. The van der Waals surface area contributed by atoms with Crippen LogP contribution in [0.4, 0.5) is 0 Å². The van der Waals surface area contributed by atoms with Gasteiger partial charge in [0, 0.05) is 69.6 Å². The van der Waals surface area contributed by atoms with Gasteiger partial charge in [0.15, 0.2) is 0 Å². The monoisotopic (exact) mass is 462 g/mol. The van der Waals surface area contributed by atoms with Gasteiger partial charge in [-0.3, -0.25) is 0 Å². The first kappa shape index (κ1) is 23.0. The van der Waals surface area contributed by atoms with Gasteiger partial charge in [0.05, 0.1) is 0 Å². The van der Waals surface area contributed by atoms with Crippen LogP contribution in [0.25, 0.3) is 32.3 Å². The van der Waals surface area contributed by atoms with Gasteiger partial charge in [0.1, 0.15) is 0 Å². The van der Waals surface area contributed by atoms with E-state index in [0.717, 1.165) is 32.3 Å². The third-order valence-corrected chi connectivity index (χ3v) is 5.58. The van der Waals surface area contributed by atoms with Crippen molar-refractivity contribution in [2.24, 2.45) is 34.4 Å². The average molecular weight is 463 g/mol. The summed E-state index contributed by atoms with van der Waals surface area (Å²) in [6.07, 6.45) is 0. The zero-order valence-corrected chi connectivity index (χ0v) is 18.9. The molecule has 0 aromatic heterocycles. The molecule has 4 aromatic carbocycles. The Bertz CT molecular complexity index is 1580. The standard InChI is InChI=1S/C30H18N6/c31-7-1-19-13-25-26(14-20(19)2-8-32)28-16-22(4-10-34)24(6-12-36)18-30(28)29-17-23(5-11-35)21(3-9-33)15-27(25)29/h13-18H,31-36H2. The highest BCUT2D eigenvalue weighted by atomic mass is 14.5. The summed E-state index contributed by atoms with van der Waals surface area (Å²) < 4.78 is 0. The van der Waals surface area contributed by atoms with E-state index in [1.165, 1.54) is 0 Å². The minimum absolute atomic E-state index is 0.633. The van der Waals surface area contributed by atoms with E-state index in [4.69, 9.17) is 34.4 Å². The minimum atomic E-state index is 0.633. The Labute approximate surface area is 208 Å². The molecule has 12 N–H and O–H groups in total. The lowest BCUT2D eigenvalue weighted by atomic mass is 9.87. The molecule has 168 valence electrons. The van der Waals surface area contributed by atoms with Crippen molar-refractivity contribution >= 4 is 32.3 Å². The molecule has 0 heterocycles. The fraction of sp³-hybridized carbons (Fsp3) is 0. The predicted molar refractivity (Wildman–Crippen MR) is 145 cm³/mol. The molecule has 6 nitrogen and oxygen atoms in total. The molecule has 0 amide bonds. The first-order valence-corrected chi connectivity index (χ1v) is 10.4. The highest BCUT2D eigenvalue weighted by molar-refractivity contribution is 6.26. The van der Waals surface area contributed by atoms with Gasteiger partial charge in [-0.25, -0.2) is 0 Å². The topological polar surface area (TPSA) is 156 Å². The van der Waals surface area contributed by atoms with Gasteiger partial charge in [0.25, 0.3) is 0 Å². The van der Waals surface area contributed by atoms with Crippen LogP contribution < -0.4 is 34.4 Å². The smallest absolute Gasteiger partial charge is 0.0427 e. The van der Waals surface area contributed by atoms with Gasteiger partial charge in [-0.2, -0.15) is 0 Å². The molecule has 4 aromatic rings. The second-order valence-corrected chi connectivity index (χ2v) is 7.45. The Hall–Kier alpha value is -6.18. The van der Waals surface area contributed by atoms with Crippen LogP contribution >= 0.6 is 0 Å². The summed E-state index contributed by atoms with van der Waals surface area (Å²) in [7, 11) is 0. The maximum atomic E-state index is 5.54. The van der Waals surface area contributed by atoms with E-state index >= 15 is 0 Å². The van der Waals surface area contributed by atoms with Gasteiger partial charge in [0.2, 0.25) is 0 Å². The fourth-order valence-corrected chi connectivity index (χ4v) is 4.22. The largest absolute Gasteiger partial charge is 0.359 e. The summed E-state index contributed by atoms with van der Waals surface area (Å²) >= 11 is 0. The molecule has 0 radical (unpaired) electrons. The molecule has 0 bridgehead atoms. The third-order valence-electron chi connectivity index (χ3n) is 5.58. The molecule has 0 unspecified atom stereocenters. The van der Waals surface area contributed by atoms with E-state index in [1.54, 1.807) is 0 Å². The molecular weight excluding hydrogens is 444 g/mol. The molecular formula is C30H18N6. The Morgan fingerprint density at radius 3 is 0.528 bits per heavy atom. The number of hydrogen-bond acceptors (Lipinski definition) is 6. The van der Waals surface area contributed by atoms with Crippen molar-refractivity contribution in [1.82, 2.24) is 0 Å². The van der Waals surface area contributed by atoms with Crippen molar-refractivity contribution < 1.29 is 0 Å². The van der Waals surface area contributed by atoms with Crippen molar-refractivity contribution in [3.63, 3.8) is 0 Å². The summed E-state index contributed by atoms with van der Waals surface area (Å²) in [5.74, 6) is 17.4. The first-order chi connectivity index (χ1) is 17.6. The Balaban J connectivity index is 2.39. The minimum Gasteiger partial charge on any atom is -0.359 e. The SMILES string of the molecule is NC#Cc1cc2c3cc(C#CN)c(C#CN)cc3c3cc(C#CN)c(C#CN)cc3c2cc1C#CN. The van der Waals surface area contributed by atoms with Gasteiger partial charge >= 0.3 is 0 Å². The molecule has 0 aliphatic rings. The summed E-state index contributed by atoms with van der Waals surface area (Å²) in [5, 5.41) is 5.30. The van der Waals surface area contributed by atoms with Gasteiger partial charge in [-0.05, 0) is 104 Å². The second-order valence-electron chi connectivity index (χ2n) is 7.45. The Morgan fingerprint density at radius 1 is 0.278 bits per heavy atom. The third kappa shape index (κ3) is 3.88. The van der Waals surface area contributed by atoms with Crippen LogP contribution in [0, 0.1) is 71.8 Å². The molecule has 0 fully saturated rings. The number of rotatable bonds is 0. The van der Waals surface area contributed by atoms with Gasteiger partial charge in [-0.1, -0.05) is 0 Å². The van der Waals surface area contributed by atoms with E-state index in [1.807, 2.05) is 36.4 Å². The summed E-state index contributed by atoms with van der Waals surface area (Å²) in [4.78, 5) is 0. The Kier molecular flexibility index (Phi) is 6.23. The highest BCUT2D eigenvalue weighted by Crippen LogP contribution is 2.38. The number of fused-ring (bicyclic) bond motifs is 6. The molecule has 0 saturated carbocycles. The quantitative estimate of drug-likeness (QED) is 0.129. The summed E-state index contributed by atoms with van der Waals surface area (Å²) in [6.45, 7) is 0. The number of hydrogen-bond donors (Lipinski definition) is 6. The number of benzene rings is 4. The van der Waals surface area contributed by atoms with E-state index in [-0.39, 0.29) is 0 Å². The lowest BCUT2D eigenvalue weighted by Crippen LogP contribution is -1.95. The van der Waals surface area contributed by atoms with Crippen LogP contribution in [0.5, 0.6) is 0 Å². The lowest BCUT2D eigenvalue weighted by Gasteiger charge is -2.14. The summed E-state index contributed by atoms with van der Waals surface area (Å²) in [6, 6.07) is 26.2. The molecule has 6 heteroatoms. The van der Waals surface area contributed by atoms with Crippen LogP contribution in [-0.2, 0) is 0 Å². The predicted octanol–water partition coefficient (Wildman–Crippen LogP) is 0.752. The van der Waals surface area contributed by atoms with Gasteiger partial charge < -0.3 is 34.4 Å². The summed E-state index contributed by atoms with van der Waals surface area (Å²) in [5.41, 5.74) is 37.0. The van der Waals surface area contributed by atoms with Crippen molar-refractivity contribution in [2.45, 2.75) is 0 Å². The highest BCUT2D eigenvalue weighted by Gasteiger charge is 2.15. The fourth-order valence-electron chi connectivity index (χ4n) is 4.22. The van der Waals surface area contributed by atoms with Crippen LogP contribution in [0.15, 0.2) is 36.4 Å². The molecule has 0 saturated heterocycles. The van der Waals surface area contributed by atoms with E-state index < -0.39 is 0 Å². The van der Waals surface area contributed by atoms with Crippen molar-refractivity contribution in [2.75, 3.05) is 0 Å². The van der Waals surface area contributed by atoms with Crippen LogP contribution in [0.2, 0.25) is 0 Å². The van der Waals surface area contributed by atoms with Crippen molar-refractivity contribution in [3.8, 4) is 71.8 Å². The molecule has 36 heavy (non-hydrogen) atoms. The molecule has 0 atom stereocenters. The van der Waals surface area contributed by atoms with Crippen molar-refractivity contribution in [3.05, 3.63) is 69.8 Å². The maximum absolute atomic E-state index is 5.54. The maximum Gasteiger partial charge on any atom is 0.0427 e. The number of nitrogens with two attached hydrogens (primary N) is 6. The van der Waals surface area contributed by atoms with Crippen LogP contribution in [-0.4, -0.2) is 0 Å². The van der Waals surface area contributed by atoms with Gasteiger partial charge in [-0.15, -0.1) is 0 Å². The van der Waals surface area contributed by atoms with E-state index in [0.29, 0.717) is 33.4 Å². The lowest BCUT2D eigenvalue weighted by molar-refractivity contribution is 1.59. The molecule has 0 aliphatic carbocycles.